The van der Waals surface area contributed by atoms with Crippen LogP contribution in [0.25, 0.3) is 22.0 Å². The summed E-state index contributed by atoms with van der Waals surface area (Å²) < 4.78 is 14.2. The fourth-order valence-electron chi connectivity index (χ4n) is 5.66. The van der Waals surface area contributed by atoms with Crippen molar-refractivity contribution < 1.29 is 19.4 Å². The summed E-state index contributed by atoms with van der Waals surface area (Å²) in [5.41, 5.74) is 6.11. The molecule has 2 atom stereocenters. The minimum atomic E-state index is -0.844. The predicted octanol–water partition coefficient (Wildman–Crippen LogP) is 3.21. The van der Waals surface area contributed by atoms with Crippen molar-refractivity contribution in [1.82, 2.24) is 30.8 Å². The molecule has 3 aliphatic rings. The van der Waals surface area contributed by atoms with E-state index in [2.05, 4.69) is 30.8 Å². The van der Waals surface area contributed by atoms with E-state index >= 15 is 0 Å². The quantitative estimate of drug-likeness (QED) is 0.369. The van der Waals surface area contributed by atoms with Gasteiger partial charge in [-0.05, 0) is 54.2 Å². The molecule has 4 heterocycles. The standard InChI is InChI=1S/C26H29FN6O3/c1-2-14-10-23(34)18(27)11-17(14)15-5-6-16-19(9-15)30-31-24(16)25-29-21-13-28-20(26(35)36)12-22(21)33(25)32-7-3-4-8-32/h5-6,9-11,20,25,28-29,34H,2-4,7-8,12-13H2,1H3,(H,30,31)(H,35,36)/t20-,25-/m1/s1. The molecule has 0 spiro atoms. The summed E-state index contributed by atoms with van der Waals surface area (Å²) in [6.45, 7) is 4.28. The molecule has 36 heavy (non-hydrogen) atoms. The SMILES string of the molecule is CCc1cc(O)c(F)cc1-c1ccc2c([C@@H]3NC4=C(C[C@H](C(=O)O)NC4)N3N3CCCC3)[nH]nc2c1. The summed E-state index contributed by atoms with van der Waals surface area (Å²) in [7, 11) is 0. The minimum absolute atomic E-state index is 0.226. The van der Waals surface area contributed by atoms with Gasteiger partial charge in [0.15, 0.2) is 17.7 Å². The predicted molar refractivity (Wildman–Crippen MR) is 132 cm³/mol. The Morgan fingerprint density at radius 1 is 1.22 bits per heavy atom. The van der Waals surface area contributed by atoms with Crippen molar-refractivity contribution in [3.63, 3.8) is 0 Å². The van der Waals surface area contributed by atoms with E-state index in [-0.39, 0.29) is 11.9 Å². The first kappa shape index (κ1) is 22.8. The normalized spacial score (nSPS) is 22.3. The number of halogens is 1. The average molecular weight is 493 g/mol. The van der Waals surface area contributed by atoms with Crippen LogP contribution in [0.3, 0.4) is 0 Å². The largest absolute Gasteiger partial charge is 0.505 e. The highest BCUT2D eigenvalue weighted by Crippen LogP contribution is 2.40. The van der Waals surface area contributed by atoms with Gasteiger partial charge in [-0.3, -0.25) is 20.2 Å². The molecule has 188 valence electrons. The van der Waals surface area contributed by atoms with Crippen LogP contribution in [0.1, 0.15) is 43.6 Å². The van der Waals surface area contributed by atoms with Crippen LogP contribution in [0.5, 0.6) is 5.75 Å². The topological polar surface area (TPSA) is 117 Å². The number of phenols is 1. The van der Waals surface area contributed by atoms with E-state index in [9.17, 15) is 19.4 Å². The third-order valence-corrected chi connectivity index (χ3v) is 7.51. The number of fused-ring (bicyclic) bond motifs is 1. The van der Waals surface area contributed by atoms with Gasteiger partial charge in [0.1, 0.15) is 6.04 Å². The Morgan fingerprint density at radius 2 is 2.03 bits per heavy atom. The van der Waals surface area contributed by atoms with Gasteiger partial charge in [0.05, 0.1) is 16.9 Å². The number of hydrazine groups is 1. The van der Waals surface area contributed by atoms with Gasteiger partial charge < -0.3 is 15.5 Å². The second kappa shape index (κ2) is 8.79. The van der Waals surface area contributed by atoms with Crippen LogP contribution in [-0.2, 0) is 11.2 Å². The van der Waals surface area contributed by atoms with Crippen LogP contribution < -0.4 is 10.6 Å². The molecule has 5 N–H and O–H groups in total. The molecule has 0 unspecified atom stereocenters. The van der Waals surface area contributed by atoms with Gasteiger partial charge in [-0.1, -0.05) is 19.1 Å². The van der Waals surface area contributed by atoms with Crippen molar-refractivity contribution in [2.45, 2.75) is 44.8 Å². The molecule has 3 aliphatic heterocycles. The Labute approximate surface area is 207 Å². The molecule has 0 bridgehead atoms. The number of nitrogens with one attached hydrogen (secondary N) is 3. The van der Waals surface area contributed by atoms with Gasteiger partial charge in [-0.15, -0.1) is 0 Å². The Hall–Kier alpha value is -3.63. The van der Waals surface area contributed by atoms with Crippen LogP contribution in [0.2, 0.25) is 0 Å². The molecular formula is C26H29FN6O3. The maximum Gasteiger partial charge on any atom is 0.321 e. The first-order valence-electron chi connectivity index (χ1n) is 12.4. The fraction of sp³-hybridized carbons (Fsp3) is 0.385. The van der Waals surface area contributed by atoms with Crippen molar-refractivity contribution in [3.05, 3.63) is 58.8 Å². The molecule has 9 nitrogen and oxygen atoms in total. The van der Waals surface area contributed by atoms with Crippen molar-refractivity contribution in [2.24, 2.45) is 0 Å². The molecule has 0 amide bonds. The Morgan fingerprint density at radius 3 is 2.78 bits per heavy atom. The molecule has 6 rings (SSSR count). The first-order valence-corrected chi connectivity index (χ1v) is 12.4. The molecule has 0 radical (unpaired) electrons. The molecular weight excluding hydrogens is 463 g/mol. The molecule has 10 heteroatoms. The second-order valence-corrected chi connectivity index (χ2v) is 9.64. The van der Waals surface area contributed by atoms with E-state index in [1.807, 2.05) is 25.1 Å². The number of aromatic amines is 1. The van der Waals surface area contributed by atoms with E-state index in [1.165, 1.54) is 12.1 Å². The number of aryl methyl sites for hydroxylation is 1. The molecule has 2 aromatic carbocycles. The van der Waals surface area contributed by atoms with Gasteiger partial charge in [0.25, 0.3) is 0 Å². The van der Waals surface area contributed by atoms with Gasteiger partial charge in [-0.2, -0.15) is 5.10 Å². The van der Waals surface area contributed by atoms with Gasteiger partial charge in [0, 0.05) is 37.1 Å². The number of benzene rings is 2. The number of aromatic hydroxyl groups is 1. The molecule has 3 aromatic rings. The molecule has 0 aliphatic carbocycles. The highest BCUT2D eigenvalue weighted by Gasteiger charge is 2.42. The Balaban J connectivity index is 1.38. The summed E-state index contributed by atoms with van der Waals surface area (Å²) in [4.78, 5) is 11.7. The van der Waals surface area contributed by atoms with E-state index in [0.717, 1.165) is 70.6 Å². The molecule has 1 fully saturated rings. The van der Waals surface area contributed by atoms with E-state index in [4.69, 9.17) is 0 Å². The number of carboxylic acid groups (broad SMARTS) is 1. The molecule has 1 saturated heterocycles. The van der Waals surface area contributed by atoms with Crippen LogP contribution in [0, 0.1) is 5.82 Å². The zero-order chi connectivity index (χ0) is 25.0. The number of carbonyl (C=O) groups is 1. The number of aliphatic carboxylic acids is 1. The zero-order valence-electron chi connectivity index (χ0n) is 20.0. The number of hydrogen-bond donors (Lipinski definition) is 5. The number of hydrogen-bond acceptors (Lipinski definition) is 7. The third-order valence-electron chi connectivity index (χ3n) is 7.51. The number of carboxylic acids is 1. The smallest absolute Gasteiger partial charge is 0.321 e. The number of aromatic nitrogens is 2. The molecule has 1 aromatic heterocycles. The summed E-state index contributed by atoms with van der Waals surface area (Å²) in [5.74, 6) is -1.83. The monoisotopic (exact) mass is 492 g/mol. The van der Waals surface area contributed by atoms with Crippen LogP contribution in [-0.4, -0.2) is 62.1 Å². The van der Waals surface area contributed by atoms with Gasteiger partial charge in [-0.25, -0.2) is 9.40 Å². The van der Waals surface area contributed by atoms with Crippen LogP contribution >= 0.6 is 0 Å². The maximum atomic E-state index is 14.2. The number of H-pyrrole nitrogens is 1. The summed E-state index contributed by atoms with van der Waals surface area (Å²) in [5, 5.41) is 39.4. The number of nitrogens with zero attached hydrogens (tertiary/aromatic N) is 3. The lowest BCUT2D eigenvalue weighted by Gasteiger charge is -2.37. The second-order valence-electron chi connectivity index (χ2n) is 9.64. The summed E-state index contributed by atoms with van der Waals surface area (Å²) in [6.07, 6.45) is 3.04. The number of rotatable bonds is 5. The highest BCUT2D eigenvalue weighted by molar-refractivity contribution is 5.87. The number of phenolic OH excluding ortho intramolecular Hbond substituents is 1. The fourth-order valence-corrected chi connectivity index (χ4v) is 5.66. The lowest BCUT2D eigenvalue weighted by Crippen LogP contribution is -2.46. The Kier molecular flexibility index (Phi) is 5.57. The van der Waals surface area contributed by atoms with Crippen LogP contribution in [0.15, 0.2) is 41.7 Å². The van der Waals surface area contributed by atoms with Crippen molar-refractivity contribution in [2.75, 3.05) is 19.6 Å². The zero-order valence-corrected chi connectivity index (χ0v) is 20.0. The van der Waals surface area contributed by atoms with Crippen molar-refractivity contribution in [1.29, 1.82) is 0 Å². The lowest BCUT2D eigenvalue weighted by molar-refractivity contribution is -0.139. The highest BCUT2D eigenvalue weighted by atomic mass is 19.1. The van der Waals surface area contributed by atoms with E-state index < -0.39 is 17.8 Å². The summed E-state index contributed by atoms with van der Waals surface area (Å²) >= 11 is 0. The lowest BCUT2D eigenvalue weighted by atomic mass is 9.96. The van der Waals surface area contributed by atoms with Gasteiger partial charge >= 0.3 is 5.97 Å². The van der Waals surface area contributed by atoms with Gasteiger partial charge in [0.2, 0.25) is 0 Å². The van der Waals surface area contributed by atoms with Crippen molar-refractivity contribution >= 4 is 16.9 Å². The maximum absolute atomic E-state index is 14.2. The minimum Gasteiger partial charge on any atom is -0.505 e. The third kappa shape index (κ3) is 3.68. The van der Waals surface area contributed by atoms with E-state index in [0.29, 0.717) is 19.4 Å². The summed E-state index contributed by atoms with van der Waals surface area (Å²) in [6, 6.07) is 8.12. The van der Waals surface area contributed by atoms with Crippen LogP contribution in [0.4, 0.5) is 4.39 Å². The van der Waals surface area contributed by atoms with E-state index in [1.54, 1.807) is 0 Å². The van der Waals surface area contributed by atoms with Crippen molar-refractivity contribution in [3.8, 4) is 16.9 Å². The average Bonchev–Trinajstić information content (AvgIpc) is 3.62. The Bertz CT molecular complexity index is 1380. The first-order chi connectivity index (χ1) is 17.4. The molecule has 0 saturated carbocycles.